The fourth-order valence-corrected chi connectivity index (χ4v) is 1.85. The minimum Gasteiger partial charge on any atom is -0.282 e. The van der Waals surface area contributed by atoms with Gasteiger partial charge in [-0.3, -0.25) is 14.9 Å². The van der Waals surface area contributed by atoms with E-state index in [0.717, 1.165) is 6.07 Å². The van der Waals surface area contributed by atoms with Crippen molar-refractivity contribution in [2.75, 3.05) is 0 Å². The number of thioether (sulfide) groups is 1. The maximum atomic E-state index is 13.2. The highest BCUT2D eigenvalue weighted by Crippen LogP contribution is 2.26. The van der Waals surface area contributed by atoms with Gasteiger partial charge in [-0.25, -0.2) is 8.78 Å². The van der Waals surface area contributed by atoms with Gasteiger partial charge < -0.3 is 0 Å². The van der Waals surface area contributed by atoms with Crippen LogP contribution in [0.4, 0.5) is 13.6 Å². The highest BCUT2D eigenvalue weighted by atomic mass is 32.2. The largest absolute Gasteiger partial charge is 0.290 e. The maximum Gasteiger partial charge on any atom is 0.290 e. The van der Waals surface area contributed by atoms with Crippen LogP contribution in [0.3, 0.4) is 0 Å². The van der Waals surface area contributed by atoms with Crippen molar-refractivity contribution >= 4 is 29.0 Å². The standard InChI is InChI=1S/C10H5F2NO2S/c11-6-2-1-5(7(12)4-6)3-8-9(14)13-10(15)16-8/h1-4H,(H,13,14,15). The lowest BCUT2D eigenvalue weighted by Crippen LogP contribution is -2.17. The Hall–Kier alpha value is -1.69. The molecule has 1 aliphatic rings. The molecule has 1 heterocycles. The van der Waals surface area contributed by atoms with E-state index in [1.807, 2.05) is 5.32 Å². The molecule has 0 aliphatic carbocycles. The van der Waals surface area contributed by atoms with Crippen LogP contribution in [0.2, 0.25) is 0 Å². The second-order valence-electron chi connectivity index (χ2n) is 3.02. The Balaban J connectivity index is 2.36. The number of carbonyl (C=O) groups excluding carboxylic acids is 2. The third-order valence-corrected chi connectivity index (χ3v) is 2.70. The van der Waals surface area contributed by atoms with Crippen molar-refractivity contribution in [2.45, 2.75) is 0 Å². The molecule has 2 amide bonds. The van der Waals surface area contributed by atoms with Crippen molar-refractivity contribution < 1.29 is 18.4 Å². The summed E-state index contributed by atoms with van der Waals surface area (Å²) in [6, 6.07) is 2.99. The molecule has 1 fully saturated rings. The summed E-state index contributed by atoms with van der Waals surface area (Å²) in [6.45, 7) is 0. The first kappa shape index (κ1) is 10.8. The zero-order chi connectivity index (χ0) is 11.7. The number of halogens is 2. The van der Waals surface area contributed by atoms with E-state index < -0.39 is 22.8 Å². The first-order valence-corrected chi connectivity index (χ1v) is 5.08. The second-order valence-corrected chi connectivity index (χ2v) is 4.03. The van der Waals surface area contributed by atoms with Gasteiger partial charge in [-0.15, -0.1) is 0 Å². The number of carbonyl (C=O) groups is 2. The van der Waals surface area contributed by atoms with Crippen LogP contribution in [-0.4, -0.2) is 11.1 Å². The molecule has 0 bridgehead atoms. The fraction of sp³-hybridized carbons (Fsp3) is 0. The Labute approximate surface area is 93.5 Å². The topological polar surface area (TPSA) is 46.2 Å². The molecule has 3 nitrogen and oxygen atoms in total. The molecule has 6 heteroatoms. The molecule has 1 N–H and O–H groups in total. The van der Waals surface area contributed by atoms with Gasteiger partial charge in [0, 0.05) is 11.6 Å². The van der Waals surface area contributed by atoms with E-state index in [0.29, 0.717) is 17.8 Å². The van der Waals surface area contributed by atoms with Crippen molar-refractivity contribution in [2.24, 2.45) is 0 Å². The number of amides is 2. The van der Waals surface area contributed by atoms with Crippen LogP contribution in [0.5, 0.6) is 0 Å². The van der Waals surface area contributed by atoms with Gasteiger partial charge >= 0.3 is 0 Å². The summed E-state index contributed by atoms with van der Waals surface area (Å²) >= 11 is 0.683. The van der Waals surface area contributed by atoms with Gasteiger partial charge in [0.1, 0.15) is 11.6 Å². The third-order valence-electron chi connectivity index (χ3n) is 1.89. The minimum atomic E-state index is -0.778. The molecular weight excluding hydrogens is 236 g/mol. The smallest absolute Gasteiger partial charge is 0.282 e. The lowest BCUT2D eigenvalue weighted by atomic mass is 10.2. The molecule has 2 rings (SSSR count). The quantitative estimate of drug-likeness (QED) is 0.767. The van der Waals surface area contributed by atoms with Crippen molar-refractivity contribution in [3.8, 4) is 0 Å². The van der Waals surface area contributed by atoms with Crippen molar-refractivity contribution in [1.82, 2.24) is 5.32 Å². The molecule has 0 aromatic heterocycles. The predicted molar refractivity (Wildman–Crippen MR) is 55.5 cm³/mol. The first-order chi connectivity index (χ1) is 7.56. The average molecular weight is 241 g/mol. The van der Waals surface area contributed by atoms with Crippen LogP contribution in [-0.2, 0) is 4.79 Å². The summed E-state index contributed by atoms with van der Waals surface area (Å²) in [5.74, 6) is -2.04. The molecule has 1 aliphatic heterocycles. The van der Waals surface area contributed by atoms with Crippen molar-refractivity contribution in [3.05, 3.63) is 40.3 Å². The molecule has 1 aromatic carbocycles. The van der Waals surface area contributed by atoms with Gasteiger partial charge in [0.25, 0.3) is 11.1 Å². The van der Waals surface area contributed by atoms with E-state index in [-0.39, 0.29) is 10.5 Å². The summed E-state index contributed by atoms with van der Waals surface area (Å²) in [5, 5.41) is 1.54. The van der Waals surface area contributed by atoms with E-state index in [1.165, 1.54) is 12.1 Å². The zero-order valence-electron chi connectivity index (χ0n) is 7.79. The van der Waals surface area contributed by atoms with Crippen LogP contribution in [0.1, 0.15) is 5.56 Å². The van der Waals surface area contributed by atoms with Crippen LogP contribution in [0.25, 0.3) is 6.08 Å². The normalized spacial score (nSPS) is 18.0. The van der Waals surface area contributed by atoms with Gasteiger partial charge in [0.05, 0.1) is 4.91 Å². The van der Waals surface area contributed by atoms with Crippen molar-refractivity contribution in [1.29, 1.82) is 0 Å². The number of nitrogens with one attached hydrogen (secondary N) is 1. The zero-order valence-corrected chi connectivity index (χ0v) is 8.61. The van der Waals surface area contributed by atoms with E-state index in [9.17, 15) is 18.4 Å². The SMILES string of the molecule is O=C1NC(=O)C(=Cc2ccc(F)cc2F)S1. The molecule has 82 valence electrons. The van der Waals surface area contributed by atoms with Gasteiger partial charge in [-0.2, -0.15) is 0 Å². The third kappa shape index (κ3) is 2.11. The Morgan fingerprint density at radius 2 is 2.00 bits per heavy atom. The molecule has 0 spiro atoms. The maximum absolute atomic E-state index is 13.2. The number of hydrogen-bond acceptors (Lipinski definition) is 3. The van der Waals surface area contributed by atoms with Crippen LogP contribution < -0.4 is 5.32 Å². The summed E-state index contributed by atoms with van der Waals surface area (Å²) in [5.41, 5.74) is 0.0637. The van der Waals surface area contributed by atoms with Gasteiger partial charge in [0.15, 0.2) is 0 Å². The highest BCUT2D eigenvalue weighted by Gasteiger charge is 2.25. The monoisotopic (exact) mass is 241 g/mol. The van der Waals surface area contributed by atoms with E-state index >= 15 is 0 Å². The Bertz CT molecular complexity index is 514. The molecule has 16 heavy (non-hydrogen) atoms. The van der Waals surface area contributed by atoms with Gasteiger partial charge in [-0.1, -0.05) is 0 Å². The number of hydrogen-bond donors (Lipinski definition) is 1. The lowest BCUT2D eigenvalue weighted by molar-refractivity contribution is -0.115. The van der Waals surface area contributed by atoms with Gasteiger partial charge in [-0.05, 0) is 30.0 Å². The van der Waals surface area contributed by atoms with E-state index in [4.69, 9.17) is 0 Å². The molecular formula is C10H5F2NO2S. The summed E-state index contributed by atoms with van der Waals surface area (Å²) in [6.07, 6.45) is 1.21. The summed E-state index contributed by atoms with van der Waals surface area (Å²) in [7, 11) is 0. The highest BCUT2D eigenvalue weighted by molar-refractivity contribution is 8.18. The van der Waals surface area contributed by atoms with Crippen LogP contribution in [0.15, 0.2) is 23.1 Å². The molecule has 1 aromatic rings. The van der Waals surface area contributed by atoms with E-state index in [2.05, 4.69) is 0 Å². The number of rotatable bonds is 1. The molecule has 0 unspecified atom stereocenters. The molecule has 0 saturated carbocycles. The second kappa shape index (κ2) is 4.05. The number of benzene rings is 1. The van der Waals surface area contributed by atoms with Crippen LogP contribution >= 0.6 is 11.8 Å². The fourth-order valence-electron chi connectivity index (χ4n) is 1.18. The summed E-state index contributed by atoms with van der Waals surface area (Å²) < 4.78 is 25.8. The lowest BCUT2D eigenvalue weighted by Gasteiger charge is -1.97. The Morgan fingerprint density at radius 1 is 1.25 bits per heavy atom. The molecule has 0 radical (unpaired) electrons. The molecule has 0 atom stereocenters. The predicted octanol–water partition coefficient (Wildman–Crippen LogP) is 2.29. The first-order valence-electron chi connectivity index (χ1n) is 4.26. The number of imide groups is 1. The Kier molecular flexibility index (Phi) is 2.74. The van der Waals surface area contributed by atoms with Crippen molar-refractivity contribution in [3.63, 3.8) is 0 Å². The van der Waals surface area contributed by atoms with E-state index in [1.54, 1.807) is 0 Å². The molecule has 1 saturated heterocycles. The minimum absolute atomic E-state index is 0.0637. The Morgan fingerprint density at radius 3 is 2.56 bits per heavy atom. The van der Waals surface area contributed by atoms with Gasteiger partial charge in [0.2, 0.25) is 0 Å². The average Bonchev–Trinajstić information content (AvgIpc) is 2.50. The summed E-state index contributed by atoms with van der Waals surface area (Å²) in [4.78, 5) is 22.1. The van der Waals surface area contributed by atoms with Crippen LogP contribution in [0, 0.1) is 11.6 Å².